The SMILES string of the molecule is COC(=O)Nc1ccc(S(=O)(=O)NC[C@](O)(c2ccco2)c2cccs2)cc1. The molecule has 3 N–H and O–H groups in total. The summed E-state index contributed by atoms with van der Waals surface area (Å²) < 4.78 is 37.5. The van der Waals surface area contributed by atoms with E-state index in [0.717, 1.165) is 0 Å². The second-order valence-electron chi connectivity index (χ2n) is 5.78. The molecule has 0 unspecified atom stereocenters. The summed E-state index contributed by atoms with van der Waals surface area (Å²) in [5.74, 6) is 0.232. The lowest BCUT2D eigenvalue weighted by Crippen LogP contribution is -2.40. The third-order valence-corrected chi connectivity index (χ3v) is 6.41. The van der Waals surface area contributed by atoms with Crippen molar-refractivity contribution in [2.45, 2.75) is 10.5 Å². The van der Waals surface area contributed by atoms with Crippen LogP contribution in [0.1, 0.15) is 10.6 Å². The molecule has 10 heteroatoms. The van der Waals surface area contributed by atoms with Gasteiger partial charge in [0, 0.05) is 10.6 Å². The van der Waals surface area contributed by atoms with Crippen LogP contribution < -0.4 is 10.0 Å². The Morgan fingerprint density at radius 3 is 2.54 bits per heavy atom. The van der Waals surface area contributed by atoms with E-state index in [4.69, 9.17) is 4.42 Å². The molecule has 0 aliphatic rings. The molecule has 1 amide bonds. The molecule has 0 aliphatic carbocycles. The maximum Gasteiger partial charge on any atom is 0.411 e. The van der Waals surface area contributed by atoms with Gasteiger partial charge in [-0.2, -0.15) is 0 Å². The van der Waals surface area contributed by atoms with Gasteiger partial charge in [0.25, 0.3) is 0 Å². The monoisotopic (exact) mass is 422 g/mol. The number of hydrogen-bond donors (Lipinski definition) is 3. The van der Waals surface area contributed by atoms with Crippen LogP contribution in [0.5, 0.6) is 0 Å². The molecule has 2 heterocycles. The molecule has 0 saturated carbocycles. The Morgan fingerprint density at radius 2 is 1.96 bits per heavy atom. The second kappa shape index (κ2) is 8.15. The van der Waals surface area contributed by atoms with Crippen molar-refractivity contribution >= 4 is 33.1 Å². The van der Waals surface area contributed by atoms with Crippen LogP contribution in [0.4, 0.5) is 10.5 Å². The molecular weight excluding hydrogens is 404 g/mol. The Hall–Kier alpha value is -2.66. The van der Waals surface area contributed by atoms with Gasteiger partial charge in [-0.1, -0.05) is 6.07 Å². The highest BCUT2D eigenvalue weighted by molar-refractivity contribution is 7.89. The Labute approximate surface area is 165 Å². The lowest BCUT2D eigenvalue weighted by molar-refractivity contribution is 0.0655. The van der Waals surface area contributed by atoms with E-state index in [0.29, 0.717) is 10.6 Å². The molecule has 0 aliphatic heterocycles. The number of thiophene rings is 1. The number of carbonyl (C=O) groups is 1. The molecule has 3 rings (SSSR count). The summed E-state index contributed by atoms with van der Waals surface area (Å²) in [6.45, 7) is -0.314. The maximum atomic E-state index is 12.6. The zero-order valence-electron chi connectivity index (χ0n) is 14.8. The van der Waals surface area contributed by atoms with E-state index < -0.39 is 21.7 Å². The molecule has 0 radical (unpaired) electrons. The molecule has 1 atom stereocenters. The second-order valence-corrected chi connectivity index (χ2v) is 8.50. The van der Waals surface area contributed by atoms with Crippen molar-refractivity contribution in [3.05, 3.63) is 70.8 Å². The number of ether oxygens (including phenoxy) is 1. The van der Waals surface area contributed by atoms with E-state index in [9.17, 15) is 18.3 Å². The summed E-state index contributed by atoms with van der Waals surface area (Å²) in [4.78, 5) is 11.7. The van der Waals surface area contributed by atoms with Gasteiger partial charge in [0.05, 0.1) is 24.8 Å². The number of aliphatic hydroxyl groups is 1. The van der Waals surface area contributed by atoms with Crippen molar-refractivity contribution in [1.82, 2.24) is 4.72 Å². The number of hydrogen-bond acceptors (Lipinski definition) is 7. The number of methoxy groups -OCH3 is 1. The number of amides is 1. The average Bonchev–Trinajstić information content (AvgIpc) is 3.41. The van der Waals surface area contributed by atoms with Crippen molar-refractivity contribution in [1.29, 1.82) is 0 Å². The van der Waals surface area contributed by atoms with E-state index in [-0.39, 0.29) is 17.2 Å². The first-order valence-electron chi connectivity index (χ1n) is 8.10. The Bertz CT molecular complexity index is 978. The standard InChI is InChI=1S/C18H18N2O6S2/c1-25-17(21)20-13-6-8-14(9-7-13)28(23,24)19-12-18(22,15-4-2-10-26-15)16-5-3-11-27-16/h2-11,19,22H,12H2,1H3,(H,20,21)/t18-/m0/s1. The van der Waals surface area contributed by atoms with Gasteiger partial charge in [0.15, 0.2) is 5.60 Å². The fourth-order valence-corrected chi connectivity index (χ4v) is 4.38. The van der Waals surface area contributed by atoms with Crippen LogP contribution in [-0.4, -0.2) is 33.3 Å². The number of carbonyl (C=O) groups excluding carboxylic acids is 1. The number of furan rings is 1. The van der Waals surface area contributed by atoms with Crippen molar-refractivity contribution in [3.63, 3.8) is 0 Å². The van der Waals surface area contributed by atoms with Gasteiger partial charge in [0.2, 0.25) is 10.0 Å². The summed E-state index contributed by atoms with van der Waals surface area (Å²) in [5, 5.41) is 15.4. The Kier molecular flexibility index (Phi) is 5.84. The first-order chi connectivity index (χ1) is 13.3. The van der Waals surface area contributed by atoms with Gasteiger partial charge < -0.3 is 14.3 Å². The van der Waals surface area contributed by atoms with Crippen LogP contribution in [0.15, 0.2) is 69.5 Å². The van der Waals surface area contributed by atoms with E-state index >= 15 is 0 Å². The number of anilines is 1. The van der Waals surface area contributed by atoms with Gasteiger partial charge in [-0.05, 0) is 47.8 Å². The van der Waals surface area contributed by atoms with Gasteiger partial charge in [-0.15, -0.1) is 11.3 Å². The van der Waals surface area contributed by atoms with Crippen LogP contribution in [0.25, 0.3) is 0 Å². The van der Waals surface area contributed by atoms with Gasteiger partial charge >= 0.3 is 6.09 Å². The molecule has 2 aromatic heterocycles. The van der Waals surface area contributed by atoms with Crippen molar-refractivity contribution in [2.24, 2.45) is 0 Å². The molecule has 0 spiro atoms. The lowest BCUT2D eigenvalue weighted by Gasteiger charge is -2.25. The van der Waals surface area contributed by atoms with E-state index in [1.54, 1.807) is 29.6 Å². The molecule has 8 nitrogen and oxygen atoms in total. The minimum Gasteiger partial charge on any atom is -0.466 e. The van der Waals surface area contributed by atoms with Crippen LogP contribution in [0.3, 0.4) is 0 Å². The highest BCUT2D eigenvalue weighted by Crippen LogP contribution is 2.33. The van der Waals surface area contributed by atoms with Gasteiger partial charge in [-0.3, -0.25) is 5.32 Å². The van der Waals surface area contributed by atoms with E-state index in [1.807, 2.05) is 0 Å². The maximum absolute atomic E-state index is 12.6. The average molecular weight is 422 g/mol. The normalized spacial score (nSPS) is 13.6. The summed E-state index contributed by atoms with van der Waals surface area (Å²) >= 11 is 1.29. The molecule has 0 saturated heterocycles. The van der Waals surface area contributed by atoms with Crippen LogP contribution >= 0.6 is 11.3 Å². The van der Waals surface area contributed by atoms with Gasteiger partial charge in [-0.25, -0.2) is 17.9 Å². The zero-order valence-corrected chi connectivity index (χ0v) is 16.4. The first-order valence-corrected chi connectivity index (χ1v) is 10.5. The summed E-state index contributed by atoms with van der Waals surface area (Å²) in [6.07, 6.45) is 0.753. The smallest absolute Gasteiger partial charge is 0.411 e. The molecule has 3 aromatic rings. The zero-order chi connectivity index (χ0) is 20.2. The third-order valence-electron chi connectivity index (χ3n) is 3.97. The Morgan fingerprint density at radius 1 is 1.21 bits per heavy atom. The van der Waals surface area contributed by atoms with Crippen molar-refractivity contribution in [3.8, 4) is 0 Å². The third kappa shape index (κ3) is 4.25. The minimum atomic E-state index is -3.92. The van der Waals surface area contributed by atoms with E-state index in [2.05, 4.69) is 14.8 Å². The first kappa shape index (κ1) is 20.1. The summed E-state index contributed by atoms with van der Waals surface area (Å²) in [6, 6.07) is 12.2. The largest absolute Gasteiger partial charge is 0.466 e. The minimum absolute atomic E-state index is 0.0177. The topological polar surface area (TPSA) is 118 Å². The van der Waals surface area contributed by atoms with Crippen LogP contribution in [-0.2, 0) is 20.4 Å². The summed E-state index contributed by atoms with van der Waals surface area (Å²) in [5.41, 5.74) is -1.26. The predicted molar refractivity (Wildman–Crippen MR) is 104 cm³/mol. The Balaban J connectivity index is 1.79. The summed E-state index contributed by atoms with van der Waals surface area (Å²) in [7, 11) is -2.69. The quantitative estimate of drug-likeness (QED) is 0.539. The fraction of sp³-hybridized carbons (Fsp3) is 0.167. The molecule has 0 bridgehead atoms. The highest BCUT2D eigenvalue weighted by Gasteiger charge is 2.37. The predicted octanol–water partition coefficient (Wildman–Crippen LogP) is 2.73. The molecule has 28 heavy (non-hydrogen) atoms. The number of benzene rings is 1. The number of sulfonamides is 1. The van der Waals surface area contributed by atoms with Crippen molar-refractivity contribution < 1.29 is 27.5 Å². The molecule has 0 fully saturated rings. The van der Waals surface area contributed by atoms with Crippen LogP contribution in [0.2, 0.25) is 0 Å². The van der Waals surface area contributed by atoms with E-state index in [1.165, 1.54) is 49.0 Å². The molecule has 1 aromatic carbocycles. The highest BCUT2D eigenvalue weighted by atomic mass is 32.2. The lowest BCUT2D eigenvalue weighted by atomic mass is 9.99. The molecule has 148 valence electrons. The number of nitrogens with one attached hydrogen (secondary N) is 2. The van der Waals surface area contributed by atoms with Gasteiger partial charge in [0.1, 0.15) is 5.76 Å². The fourth-order valence-electron chi connectivity index (χ4n) is 2.49. The number of rotatable bonds is 7. The molecular formula is C18H18N2O6S2. The van der Waals surface area contributed by atoms with Crippen molar-refractivity contribution in [2.75, 3.05) is 19.0 Å². The van der Waals surface area contributed by atoms with Crippen LogP contribution in [0, 0.1) is 0 Å².